The summed E-state index contributed by atoms with van der Waals surface area (Å²) in [5.41, 5.74) is 0. The van der Waals surface area contributed by atoms with Crippen molar-refractivity contribution in [1.82, 2.24) is 14.5 Å². The maximum Gasteiger partial charge on any atom is 0.242 e. The maximum atomic E-state index is 12.3. The highest BCUT2D eigenvalue weighted by molar-refractivity contribution is 9.11. The first-order valence-electron chi connectivity index (χ1n) is 5.81. The molecule has 0 aliphatic carbocycles. The van der Waals surface area contributed by atoms with Crippen molar-refractivity contribution in [2.24, 2.45) is 0 Å². The summed E-state index contributed by atoms with van der Waals surface area (Å²) in [7, 11) is -3.62. The molecule has 0 radical (unpaired) electrons. The molecule has 0 aromatic carbocycles. The van der Waals surface area contributed by atoms with Crippen LogP contribution in [0.25, 0.3) is 0 Å². The van der Waals surface area contributed by atoms with E-state index in [1.807, 2.05) is 0 Å². The van der Waals surface area contributed by atoms with E-state index in [-0.39, 0.29) is 17.5 Å². The summed E-state index contributed by atoms with van der Waals surface area (Å²) in [5, 5.41) is 13.1. The van der Waals surface area contributed by atoms with Crippen molar-refractivity contribution in [1.29, 1.82) is 0 Å². The Balaban J connectivity index is 2.12. The SMILES string of the molecule is CC(Cn1cccn1)NS(=O)(=O)c1cc(CO)sc1Br. The van der Waals surface area contributed by atoms with Crippen molar-refractivity contribution >= 4 is 37.3 Å². The Morgan fingerprint density at radius 3 is 2.90 bits per heavy atom. The highest BCUT2D eigenvalue weighted by Gasteiger charge is 2.23. The van der Waals surface area contributed by atoms with Gasteiger partial charge in [-0.25, -0.2) is 13.1 Å². The minimum absolute atomic E-state index is 0.152. The van der Waals surface area contributed by atoms with Crippen LogP contribution in [0.5, 0.6) is 0 Å². The van der Waals surface area contributed by atoms with Crippen molar-refractivity contribution in [3.8, 4) is 0 Å². The van der Waals surface area contributed by atoms with Gasteiger partial charge in [-0.3, -0.25) is 4.68 Å². The molecule has 0 spiro atoms. The molecule has 2 rings (SSSR count). The molecule has 1 atom stereocenters. The van der Waals surface area contributed by atoms with E-state index in [1.54, 1.807) is 30.1 Å². The quantitative estimate of drug-likeness (QED) is 0.797. The lowest BCUT2D eigenvalue weighted by Crippen LogP contribution is -2.35. The van der Waals surface area contributed by atoms with Gasteiger partial charge in [0.05, 0.1) is 16.9 Å². The molecule has 2 aromatic heterocycles. The van der Waals surface area contributed by atoms with Gasteiger partial charge in [-0.05, 0) is 35.0 Å². The van der Waals surface area contributed by atoms with Crippen LogP contribution in [0.2, 0.25) is 0 Å². The zero-order valence-corrected chi connectivity index (χ0v) is 13.9. The van der Waals surface area contributed by atoms with E-state index in [1.165, 1.54) is 17.4 Å². The second kappa shape index (κ2) is 6.35. The summed E-state index contributed by atoms with van der Waals surface area (Å²) >= 11 is 4.42. The number of rotatable bonds is 6. The third kappa shape index (κ3) is 3.67. The molecule has 0 bridgehead atoms. The fraction of sp³-hybridized carbons (Fsp3) is 0.364. The summed E-state index contributed by atoms with van der Waals surface area (Å²) in [6, 6.07) is 2.95. The molecule has 0 aliphatic rings. The van der Waals surface area contributed by atoms with E-state index in [0.717, 1.165) is 0 Å². The highest BCUT2D eigenvalue weighted by atomic mass is 79.9. The Kier molecular flexibility index (Phi) is 4.97. The molecule has 9 heteroatoms. The molecule has 2 N–H and O–H groups in total. The van der Waals surface area contributed by atoms with E-state index in [0.29, 0.717) is 15.2 Å². The van der Waals surface area contributed by atoms with E-state index in [9.17, 15) is 8.42 Å². The van der Waals surface area contributed by atoms with Gasteiger partial charge >= 0.3 is 0 Å². The van der Waals surface area contributed by atoms with Gasteiger partial charge in [-0.2, -0.15) is 5.10 Å². The molecule has 0 saturated heterocycles. The van der Waals surface area contributed by atoms with Crippen LogP contribution >= 0.6 is 27.3 Å². The molecule has 2 heterocycles. The first kappa shape index (κ1) is 15.6. The molecule has 0 aliphatic heterocycles. The summed E-state index contributed by atoms with van der Waals surface area (Å²) in [4.78, 5) is 0.746. The minimum Gasteiger partial charge on any atom is -0.391 e. The van der Waals surface area contributed by atoms with Crippen molar-refractivity contribution in [3.63, 3.8) is 0 Å². The summed E-state index contributed by atoms with van der Waals surface area (Å²) < 4.78 is 29.3. The van der Waals surface area contributed by atoms with Crippen LogP contribution in [0.15, 0.2) is 33.2 Å². The predicted molar refractivity (Wildman–Crippen MR) is 80.0 cm³/mol. The Hall–Kier alpha value is -0.740. The lowest BCUT2D eigenvalue weighted by Gasteiger charge is -2.13. The van der Waals surface area contributed by atoms with E-state index in [4.69, 9.17) is 5.11 Å². The Bertz CT molecular complexity index is 667. The van der Waals surface area contributed by atoms with Crippen LogP contribution in [0.3, 0.4) is 0 Å². The largest absolute Gasteiger partial charge is 0.391 e. The van der Waals surface area contributed by atoms with E-state index >= 15 is 0 Å². The van der Waals surface area contributed by atoms with Crippen molar-refractivity contribution in [3.05, 3.63) is 33.2 Å². The molecule has 0 fully saturated rings. The number of nitrogens with one attached hydrogen (secondary N) is 1. The molecule has 2 aromatic rings. The predicted octanol–water partition coefficient (Wildman–Crippen LogP) is 1.57. The number of aliphatic hydroxyl groups is 1. The third-order valence-electron chi connectivity index (χ3n) is 2.53. The number of thiophene rings is 1. The lowest BCUT2D eigenvalue weighted by molar-refractivity contribution is 0.285. The second-order valence-corrected chi connectivity index (χ2v) is 8.40. The first-order valence-corrected chi connectivity index (χ1v) is 8.90. The standard InChI is InChI=1S/C11H14BrN3O3S2/c1-8(6-15-4-2-3-13-15)14-20(17,18)10-5-9(7-16)19-11(10)12/h2-5,8,14,16H,6-7H2,1H3. The van der Waals surface area contributed by atoms with Crippen LogP contribution in [-0.2, 0) is 23.2 Å². The second-order valence-electron chi connectivity index (χ2n) is 4.26. The van der Waals surface area contributed by atoms with Gasteiger partial charge in [0.1, 0.15) is 4.90 Å². The first-order chi connectivity index (χ1) is 9.42. The number of halogens is 1. The van der Waals surface area contributed by atoms with Crippen molar-refractivity contribution < 1.29 is 13.5 Å². The molecule has 6 nitrogen and oxygen atoms in total. The summed E-state index contributed by atoms with van der Waals surface area (Å²) in [6.07, 6.45) is 3.42. The molecule has 20 heavy (non-hydrogen) atoms. The molecular weight excluding hydrogens is 366 g/mol. The topological polar surface area (TPSA) is 84.2 Å². The third-order valence-corrected chi connectivity index (χ3v) is 6.35. The van der Waals surface area contributed by atoms with Gasteiger partial charge in [0, 0.05) is 23.3 Å². The van der Waals surface area contributed by atoms with Gasteiger partial charge in [0.25, 0.3) is 0 Å². The molecule has 0 amide bonds. The van der Waals surface area contributed by atoms with Crippen LogP contribution in [0.1, 0.15) is 11.8 Å². The monoisotopic (exact) mass is 379 g/mol. The Morgan fingerprint density at radius 1 is 1.60 bits per heavy atom. The van der Waals surface area contributed by atoms with Crippen LogP contribution in [0, 0.1) is 0 Å². The average molecular weight is 380 g/mol. The van der Waals surface area contributed by atoms with E-state index < -0.39 is 10.0 Å². The molecule has 0 saturated carbocycles. The van der Waals surface area contributed by atoms with Gasteiger partial charge in [0.15, 0.2) is 0 Å². The molecule has 1 unspecified atom stereocenters. The van der Waals surface area contributed by atoms with Gasteiger partial charge in [-0.1, -0.05) is 0 Å². The zero-order valence-electron chi connectivity index (χ0n) is 10.7. The molecular formula is C11H14BrN3O3S2. The number of nitrogens with zero attached hydrogens (tertiary/aromatic N) is 2. The maximum absolute atomic E-state index is 12.3. The number of hydrogen-bond donors (Lipinski definition) is 2. The summed E-state index contributed by atoms with van der Waals surface area (Å²) in [6.45, 7) is 2.04. The lowest BCUT2D eigenvalue weighted by atomic mass is 10.4. The fourth-order valence-electron chi connectivity index (χ4n) is 1.71. The number of aliphatic hydroxyl groups excluding tert-OH is 1. The van der Waals surface area contributed by atoms with Gasteiger partial charge in [-0.15, -0.1) is 11.3 Å². The van der Waals surface area contributed by atoms with Crippen LogP contribution in [0.4, 0.5) is 0 Å². The van der Waals surface area contributed by atoms with Gasteiger partial charge in [0.2, 0.25) is 10.0 Å². The van der Waals surface area contributed by atoms with Crippen LogP contribution < -0.4 is 4.72 Å². The number of hydrogen-bond acceptors (Lipinski definition) is 5. The smallest absolute Gasteiger partial charge is 0.242 e. The number of sulfonamides is 1. The minimum atomic E-state index is -3.62. The van der Waals surface area contributed by atoms with E-state index in [2.05, 4.69) is 25.8 Å². The highest BCUT2D eigenvalue weighted by Crippen LogP contribution is 2.31. The van der Waals surface area contributed by atoms with Crippen LogP contribution in [-0.4, -0.2) is 29.3 Å². The summed E-state index contributed by atoms with van der Waals surface area (Å²) in [5.74, 6) is 0. The van der Waals surface area contributed by atoms with Crippen molar-refractivity contribution in [2.45, 2.75) is 31.0 Å². The molecule has 110 valence electrons. The Labute approximate surface area is 129 Å². The normalized spacial score (nSPS) is 13.6. The average Bonchev–Trinajstić information content (AvgIpc) is 2.97. The number of aromatic nitrogens is 2. The zero-order chi connectivity index (χ0) is 14.8. The van der Waals surface area contributed by atoms with Gasteiger partial charge < -0.3 is 5.11 Å². The fourth-order valence-corrected chi connectivity index (χ4v) is 5.49. The van der Waals surface area contributed by atoms with Crippen molar-refractivity contribution in [2.75, 3.05) is 0 Å². The Morgan fingerprint density at radius 2 is 2.35 bits per heavy atom.